The number of hydrogen-bond donors (Lipinski definition) is 1. The van der Waals surface area contributed by atoms with Crippen LogP contribution in [0.3, 0.4) is 0 Å². The SMILES string of the molecule is CCC(C)(C)c1ccc(C(=O)C(C)(C)O)cc1. The van der Waals surface area contributed by atoms with Crippen LogP contribution in [0.4, 0.5) is 0 Å². The van der Waals surface area contributed by atoms with Gasteiger partial charge in [0.15, 0.2) is 5.78 Å². The predicted molar refractivity (Wildman–Crippen MR) is 70.4 cm³/mol. The van der Waals surface area contributed by atoms with E-state index in [-0.39, 0.29) is 11.2 Å². The van der Waals surface area contributed by atoms with Crippen molar-refractivity contribution in [2.75, 3.05) is 0 Å². The van der Waals surface area contributed by atoms with Gasteiger partial charge in [-0.3, -0.25) is 4.79 Å². The molecule has 1 rings (SSSR count). The fourth-order valence-corrected chi connectivity index (χ4v) is 1.63. The molecule has 0 bridgehead atoms. The first-order valence-electron chi connectivity index (χ1n) is 6.06. The smallest absolute Gasteiger partial charge is 0.193 e. The summed E-state index contributed by atoms with van der Waals surface area (Å²) < 4.78 is 0. The molecule has 17 heavy (non-hydrogen) atoms. The van der Waals surface area contributed by atoms with E-state index in [0.717, 1.165) is 6.42 Å². The molecule has 2 heteroatoms. The maximum absolute atomic E-state index is 11.8. The van der Waals surface area contributed by atoms with Crippen molar-refractivity contribution in [1.29, 1.82) is 0 Å². The molecule has 0 saturated heterocycles. The van der Waals surface area contributed by atoms with Gasteiger partial charge >= 0.3 is 0 Å². The van der Waals surface area contributed by atoms with Gasteiger partial charge in [-0.15, -0.1) is 0 Å². The third-order valence-electron chi connectivity index (χ3n) is 3.37. The lowest BCUT2D eigenvalue weighted by Crippen LogP contribution is -2.31. The monoisotopic (exact) mass is 234 g/mol. The van der Waals surface area contributed by atoms with E-state index in [4.69, 9.17) is 0 Å². The fraction of sp³-hybridized carbons (Fsp3) is 0.533. The minimum Gasteiger partial charge on any atom is -0.382 e. The molecule has 0 aliphatic rings. The summed E-state index contributed by atoms with van der Waals surface area (Å²) in [6, 6.07) is 7.55. The van der Waals surface area contributed by atoms with E-state index in [1.165, 1.54) is 19.4 Å². The van der Waals surface area contributed by atoms with E-state index in [2.05, 4.69) is 20.8 Å². The van der Waals surface area contributed by atoms with Crippen molar-refractivity contribution in [1.82, 2.24) is 0 Å². The van der Waals surface area contributed by atoms with E-state index < -0.39 is 5.60 Å². The Labute approximate surface area is 104 Å². The van der Waals surface area contributed by atoms with Gasteiger partial charge in [0.05, 0.1) is 0 Å². The standard InChI is InChI=1S/C15H22O2/c1-6-14(2,3)12-9-7-11(8-10-12)13(16)15(4,5)17/h7-10,17H,6H2,1-5H3. The van der Waals surface area contributed by atoms with Crippen LogP contribution in [0.2, 0.25) is 0 Å². The summed E-state index contributed by atoms with van der Waals surface area (Å²) in [6.45, 7) is 9.54. The molecule has 0 heterocycles. The van der Waals surface area contributed by atoms with Crippen LogP contribution >= 0.6 is 0 Å². The second-order valence-electron chi connectivity index (χ2n) is 5.70. The van der Waals surface area contributed by atoms with Crippen molar-refractivity contribution in [2.24, 2.45) is 0 Å². The van der Waals surface area contributed by atoms with E-state index in [0.29, 0.717) is 5.56 Å². The van der Waals surface area contributed by atoms with Crippen molar-refractivity contribution in [3.8, 4) is 0 Å². The molecule has 0 aromatic heterocycles. The van der Waals surface area contributed by atoms with Gasteiger partial charge in [0.1, 0.15) is 5.60 Å². The Kier molecular flexibility index (Phi) is 3.78. The van der Waals surface area contributed by atoms with Crippen molar-refractivity contribution < 1.29 is 9.90 Å². The Morgan fingerprint density at radius 1 is 1.12 bits per heavy atom. The molecule has 0 aliphatic heterocycles. The van der Waals surface area contributed by atoms with Crippen LogP contribution in [0.1, 0.15) is 57.0 Å². The molecular formula is C15H22O2. The summed E-state index contributed by atoms with van der Waals surface area (Å²) in [7, 11) is 0. The summed E-state index contributed by atoms with van der Waals surface area (Å²) in [4.78, 5) is 11.8. The third kappa shape index (κ3) is 3.16. The van der Waals surface area contributed by atoms with E-state index in [1.807, 2.05) is 12.1 Å². The molecule has 0 radical (unpaired) electrons. The van der Waals surface area contributed by atoms with Gasteiger partial charge < -0.3 is 5.11 Å². The highest BCUT2D eigenvalue weighted by Gasteiger charge is 2.25. The number of aliphatic hydroxyl groups is 1. The quantitative estimate of drug-likeness (QED) is 0.811. The second kappa shape index (κ2) is 4.61. The van der Waals surface area contributed by atoms with Crippen molar-refractivity contribution in [2.45, 2.75) is 52.1 Å². The van der Waals surface area contributed by atoms with E-state index in [9.17, 15) is 9.90 Å². The van der Waals surface area contributed by atoms with Crippen molar-refractivity contribution >= 4 is 5.78 Å². The van der Waals surface area contributed by atoms with Crippen molar-refractivity contribution in [3.05, 3.63) is 35.4 Å². The number of Topliss-reactive ketones (excluding diaryl/α,β-unsaturated/α-hetero) is 1. The number of ketones is 1. The highest BCUT2D eigenvalue weighted by molar-refractivity contribution is 6.01. The number of carbonyl (C=O) groups excluding carboxylic acids is 1. The predicted octanol–water partition coefficient (Wildman–Crippen LogP) is 3.33. The largest absolute Gasteiger partial charge is 0.382 e. The van der Waals surface area contributed by atoms with Gasteiger partial charge in [-0.1, -0.05) is 45.0 Å². The molecule has 0 atom stereocenters. The van der Waals surface area contributed by atoms with Crippen LogP contribution in [0.25, 0.3) is 0 Å². The lowest BCUT2D eigenvalue weighted by molar-refractivity contribution is 0.0488. The average molecular weight is 234 g/mol. The van der Waals surface area contributed by atoms with E-state index in [1.54, 1.807) is 12.1 Å². The molecule has 0 fully saturated rings. The number of benzene rings is 1. The van der Waals surface area contributed by atoms with Gasteiger partial charge in [-0.05, 0) is 31.2 Å². The Balaban J connectivity index is 3.01. The first-order chi connectivity index (χ1) is 7.68. The minimum absolute atomic E-state index is 0.121. The molecule has 0 saturated carbocycles. The molecule has 94 valence electrons. The molecule has 0 amide bonds. The topological polar surface area (TPSA) is 37.3 Å². The summed E-state index contributed by atoms with van der Waals surface area (Å²) in [5.41, 5.74) is 0.596. The highest BCUT2D eigenvalue weighted by atomic mass is 16.3. The van der Waals surface area contributed by atoms with Crippen LogP contribution < -0.4 is 0 Å². The zero-order valence-electron chi connectivity index (χ0n) is 11.4. The summed E-state index contributed by atoms with van der Waals surface area (Å²) in [5.74, 6) is -0.238. The Morgan fingerprint density at radius 2 is 1.59 bits per heavy atom. The van der Waals surface area contributed by atoms with Gasteiger partial charge in [0.25, 0.3) is 0 Å². The van der Waals surface area contributed by atoms with Crippen LogP contribution in [-0.4, -0.2) is 16.5 Å². The molecule has 0 unspecified atom stereocenters. The number of hydrogen-bond acceptors (Lipinski definition) is 2. The number of rotatable bonds is 4. The molecule has 0 aliphatic carbocycles. The lowest BCUT2D eigenvalue weighted by Gasteiger charge is -2.24. The Hall–Kier alpha value is -1.15. The maximum Gasteiger partial charge on any atom is 0.193 e. The fourth-order valence-electron chi connectivity index (χ4n) is 1.63. The first kappa shape index (κ1) is 13.9. The van der Waals surface area contributed by atoms with Gasteiger partial charge in [0, 0.05) is 5.56 Å². The number of carbonyl (C=O) groups is 1. The summed E-state index contributed by atoms with van der Waals surface area (Å²) >= 11 is 0. The molecule has 1 aromatic carbocycles. The highest BCUT2D eigenvalue weighted by Crippen LogP contribution is 2.27. The third-order valence-corrected chi connectivity index (χ3v) is 3.37. The zero-order chi connectivity index (χ0) is 13.3. The molecule has 1 aromatic rings. The second-order valence-corrected chi connectivity index (χ2v) is 5.70. The Bertz CT molecular complexity index is 394. The first-order valence-corrected chi connectivity index (χ1v) is 6.06. The van der Waals surface area contributed by atoms with Crippen LogP contribution in [0.15, 0.2) is 24.3 Å². The molecule has 1 N–H and O–H groups in total. The molecule has 0 spiro atoms. The van der Waals surface area contributed by atoms with Gasteiger partial charge in [0.2, 0.25) is 0 Å². The summed E-state index contributed by atoms with van der Waals surface area (Å²) in [5, 5.41) is 9.67. The lowest BCUT2D eigenvalue weighted by atomic mass is 9.81. The van der Waals surface area contributed by atoms with Crippen LogP contribution in [0.5, 0.6) is 0 Å². The average Bonchev–Trinajstić information content (AvgIpc) is 2.27. The van der Waals surface area contributed by atoms with Crippen molar-refractivity contribution in [3.63, 3.8) is 0 Å². The van der Waals surface area contributed by atoms with Gasteiger partial charge in [-0.25, -0.2) is 0 Å². The van der Waals surface area contributed by atoms with E-state index >= 15 is 0 Å². The zero-order valence-corrected chi connectivity index (χ0v) is 11.4. The van der Waals surface area contributed by atoms with Crippen LogP contribution in [0, 0.1) is 0 Å². The van der Waals surface area contributed by atoms with Gasteiger partial charge in [-0.2, -0.15) is 0 Å². The minimum atomic E-state index is -1.30. The Morgan fingerprint density at radius 3 is 1.94 bits per heavy atom. The summed E-state index contributed by atoms with van der Waals surface area (Å²) in [6.07, 6.45) is 1.05. The normalized spacial score (nSPS) is 12.6. The molecule has 2 nitrogen and oxygen atoms in total. The maximum atomic E-state index is 11.8. The van der Waals surface area contributed by atoms with Crippen LogP contribution in [-0.2, 0) is 5.41 Å². The molecular weight excluding hydrogens is 212 g/mol.